The molecule has 0 spiro atoms. The number of halogens is 1. The summed E-state index contributed by atoms with van der Waals surface area (Å²) in [4.78, 5) is 0. The molecule has 1 aromatic carbocycles. The zero-order valence-corrected chi connectivity index (χ0v) is 10.1. The second-order valence-corrected chi connectivity index (χ2v) is 5.75. The molecule has 0 bridgehead atoms. The van der Waals surface area contributed by atoms with E-state index in [9.17, 15) is 8.42 Å². The van der Waals surface area contributed by atoms with Crippen LogP contribution in [0.25, 0.3) is 0 Å². The number of fused-ring (bicyclic) bond motifs is 1. The fourth-order valence-electron chi connectivity index (χ4n) is 1.58. The van der Waals surface area contributed by atoms with Gasteiger partial charge >= 0.3 is 0 Å². The van der Waals surface area contributed by atoms with E-state index in [4.69, 9.17) is 16.3 Å². The van der Waals surface area contributed by atoms with Crippen LogP contribution in [0.4, 0.5) is 5.69 Å². The normalized spacial score (nSPS) is 14.3. The first kappa shape index (κ1) is 11.5. The third kappa shape index (κ3) is 2.59. The van der Waals surface area contributed by atoms with Crippen LogP contribution in [0.1, 0.15) is 5.56 Å². The van der Waals surface area contributed by atoms with Crippen LogP contribution in [0.5, 0.6) is 5.75 Å². The van der Waals surface area contributed by atoms with Gasteiger partial charge in [-0.25, -0.2) is 8.42 Å². The van der Waals surface area contributed by atoms with Crippen LogP contribution in [0, 0.1) is 0 Å². The number of benzene rings is 1. The molecule has 4 nitrogen and oxygen atoms in total. The first-order chi connectivity index (χ1) is 7.61. The van der Waals surface area contributed by atoms with Gasteiger partial charge in [-0.2, -0.15) is 0 Å². The summed E-state index contributed by atoms with van der Waals surface area (Å²) in [7, 11) is -3.32. The lowest BCUT2D eigenvalue weighted by Crippen LogP contribution is -2.17. The Morgan fingerprint density at radius 3 is 3.00 bits per heavy atom. The molecule has 16 heavy (non-hydrogen) atoms. The van der Waals surface area contributed by atoms with Gasteiger partial charge in [-0.1, -0.05) is 0 Å². The molecule has 0 aliphatic carbocycles. The summed E-state index contributed by atoms with van der Waals surface area (Å²) >= 11 is 5.41. The highest BCUT2D eigenvalue weighted by atomic mass is 35.5. The first-order valence-electron chi connectivity index (χ1n) is 4.93. The molecule has 88 valence electrons. The Morgan fingerprint density at radius 2 is 2.25 bits per heavy atom. The maximum Gasteiger partial charge on any atom is 0.233 e. The van der Waals surface area contributed by atoms with Crippen molar-refractivity contribution in [3.8, 4) is 5.75 Å². The van der Waals surface area contributed by atoms with Crippen molar-refractivity contribution in [1.82, 2.24) is 0 Å². The van der Waals surface area contributed by atoms with Gasteiger partial charge in [0.05, 0.1) is 12.4 Å². The van der Waals surface area contributed by atoms with Crippen LogP contribution in [-0.4, -0.2) is 26.7 Å². The fourth-order valence-corrected chi connectivity index (χ4v) is 2.98. The minimum Gasteiger partial charge on any atom is -0.493 e. The highest BCUT2D eigenvalue weighted by molar-refractivity contribution is 7.92. The Balaban J connectivity index is 2.17. The first-order valence-corrected chi connectivity index (χ1v) is 7.11. The van der Waals surface area contributed by atoms with E-state index in [-0.39, 0.29) is 11.6 Å². The number of nitrogens with one attached hydrogen (secondary N) is 1. The number of alkyl halides is 1. The Labute approximate surface area is 99.6 Å². The summed E-state index contributed by atoms with van der Waals surface area (Å²) in [6, 6.07) is 5.27. The zero-order chi connectivity index (χ0) is 11.6. The van der Waals surface area contributed by atoms with E-state index in [2.05, 4.69) is 4.72 Å². The molecule has 0 saturated carbocycles. The minimum absolute atomic E-state index is 0.0812. The van der Waals surface area contributed by atoms with Crippen LogP contribution in [0.15, 0.2) is 18.2 Å². The second-order valence-electron chi connectivity index (χ2n) is 3.53. The maximum atomic E-state index is 11.5. The van der Waals surface area contributed by atoms with Crippen LogP contribution >= 0.6 is 11.6 Å². The van der Waals surface area contributed by atoms with Gasteiger partial charge in [0, 0.05) is 18.0 Å². The van der Waals surface area contributed by atoms with Gasteiger partial charge in [-0.05, 0) is 23.8 Å². The lowest BCUT2D eigenvalue weighted by Gasteiger charge is -2.07. The van der Waals surface area contributed by atoms with E-state index in [1.807, 2.05) is 0 Å². The van der Waals surface area contributed by atoms with Gasteiger partial charge in [-0.15, -0.1) is 11.6 Å². The number of ether oxygens (including phenoxy) is 1. The minimum atomic E-state index is -3.32. The molecule has 0 unspecified atom stereocenters. The zero-order valence-electron chi connectivity index (χ0n) is 8.57. The molecule has 0 atom stereocenters. The average molecular weight is 262 g/mol. The molecule has 1 aliphatic rings. The van der Waals surface area contributed by atoms with Gasteiger partial charge in [0.25, 0.3) is 0 Å². The van der Waals surface area contributed by atoms with Crippen molar-refractivity contribution in [2.45, 2.75) is 6.42 Å². The van der Waals surface area contributed by atoms with E-state index in [1.165, 1.54) is 0 Å². The quantitative estimate of drug-likeness (QED) is 0.838. The van der Waals surface area contributed by atoms with Crippen molar-refractivity contribution in [2.24, 2.45) is 0 Å². The largest absolute Gasteiger partial charge is 0.493 e. The lowest BCUT2D eigenvalue weighted by atomic mass is 10.1. The van der Waals surface area contributed by atoms with Gasteiger partial charge < -0.3 is 4.74 Å². The van der Waals surface area contributed by atoms with E-state index >= 15 is 0 Å². The van der Waals surface area contributed by atoms with Crippen LogP contribution in [-0.2, 0) is 16.4 Å². The molecule has 0 saturated heterocycles. The van der Waals surface area contributed by atoms with Gasteiger partial charge in [0.1, 0.15) is 5.75 Å². The molecule has 0 amide bonds. The molecule has 1 heterocycles. The van der Waals surface area contributed by atoms with Crippen molar-refractivity contribution < 1.29 is 13.2 Å². The summed E-state index contributed by atoms with van der Waals surface area (Å²) in [5.41, 5.74) is 1.60. The molecule has 1 aliphatic heterocycles. The number of rotatable bonds is 4. The van der Waals surface area contributed by atoms with E-state index in [1.54, 1.807) is 18.2 Å². The molecule has 1 aromatic rings. The van der Waals surface area contributed by atoms with Crippen molar-refractivity contribution in [3.05, 3.63) is 23.8 Å². The Bertz CT molecular complexity index is 487. The Kier molecular flexibility index (Phi) is 3.25. The van der Waals surface area contributed by atoms with E-state index in [0.717, 1.165) is 17.7 Å². The SMILES string of the molecule is O=S(=O)(CCCl)Nc1ccc2c(c1)CCO2. The number of hydrogen-bond acceptors (Lipinski definition) is 3. The summed E-state index contributed by atoms with van der Waals surface area (Å²) in [6.07, 6.45) is 0.820. The number of sulfonamides is 1. The second kappa shape index (κ2) is 4.51. The van der Waals surface area contributed by atoms with Crippen LogP contribution < -0.4 is 9.46 Å². The molecule has 6 heteroatoms. The molecular weight excluding hydrogens is 250 g/mol. The van der Waals surface area contributed by atoms with Crippen molar-refractivity contribution in [1.29, 1.82) is 0 Å². The van der Waals surface area contributed by atoms with Crippen molar-refractivity contribution in [2.75, 3.05) is 23.0 Å². The number of anilines is 1. The predicted molar refractivity (Wildman–Crippen MR) is 63.8 cm³/mol. The van der Waals surface area contributed by atoms with Gasteiger partial charge in [0.15, 0.2) is 0 Å². The third-order valence-electron chi connectivity index (χ3n) is 2.31. The van der Waals surface area contributed by atoms with Crippen LogP contribution in [0.3, 0.4) is 0 Å². The fraction of sp³-hybridized carbons (Fsp3) is 0.400. The summed E-state index contributed by atoms with van der Waals surface area (Å²) in [5.74, 6) is 0.839. The van der Waals surface area contributed by atoms with Gasteiger partial charge in [-0.3, -0.25) is 4.72 Å². The Hall–Kier alpha value is -0.940. The highest BCUT2D eigenvalue weighted by Crippen LogP contribution is 2.28. The van der Waals surface area contributed by atoms with Crippen molar-refractivity contribution in [3.63, 3.8) is 0 Å². The smallest absolute Gasteiger partial charge is 0.233 e. The summed E-state index contributed by atoms with van der Waals surface area (Å²) < 4.78 is 30.8. The molecule has 1 N–H and O–H groups in total. The van der Waals surface area contributed by atoms with E-state index < -0.39 is 10.0 Å². The lowest BCUT2D eigenvalue weighted by molar-refractivity contribution is 0.357. The van der Waals surface area contributed by atoms with Crippen LogP contribution in [0.2, 0.25) is 0 Å². The maximum absolute atomic E-state index is 11.5. The summed E-state index contributed by atoms with van der Waals surface area (Å²) in [6.45, 7) is 0.660. The molecular formula is C10H12ClNO3S. The Morgan fingerprint density at radius 1 is 1.44 bits per heavy atom. The average Bonchev–Trinajstić information content (AvgIpc) is 2.63. The number of hydrogen-bond donors (Lipinski definition) is 1. The molecule has 0 radical (unpaired) electrons. The summed E-state index contributed by atoms with van der Waals surface area (Å²) in [5, 5.41) is 0. The molecule has 2 rings (SSSR count). The standard InChI is InChI=1S/C10H12ClNO3S/c11-4-6-16(13,14)12-9-1-2-10-8(7-9)3-5-15-10/h1-2,7,12H,3-6H2. The molecule has 0 aromatic heterocycles. The third-order valence-corrected chi connectivity index (χ3v) is 4.01. The van der Waals surface area contributed by atoms with Crippen molar-refractivity contribution >= 4 is 27.3 Å². The topological polar surface area (TPSA) is 55.4 Å². The van der Waals surface area contributed by atoms with Gasteiger partial charge in [0.2, 0.25) is 10.0 Å². The molecule has 0 fully saturated rings. The van der Waals surface area contributed by atoms with E-state index in [0.29, 0.717) is 12.3 Å². The highest BCUT2D eigenvalue weighted by Gasteiger charge is 2.14. The monoisotopic (exact) mass is 261 g/mol. The predicted octanol–water partition coefficient (Wildman–Crippen LogP) is 1.60.